The minimum Gasteiger partial charge on any atom is -0.756 e. The smallest absolute Gasteiger partial charge is 0.306 e. The molecule has 0 fully saturated rings. The molecule has 57 heavy (non-hydrogen) atoms. The van der Waals surface area contributed by atoms with Gasteiger partial charge in [0.05, 0.1) is 29.0 Å². The predicted molar refractivity (Wildman–Crippen MR) is 246 cm³/mol. The quantitative estimate of drug-likeness (QED) is 0.0258. The van der Waals surface area contributed by atoms with E-state index in [0.29, 0.717) is 17.4 Å². The molecule has 0 rings (SSSR count). The van der Waals surface area contributed by atoms with Crippen molar-refractivity contribution in [3.63, 3.8) is 0 Å². The van der Waals surface area contributed by atoms with Crippen molar-refractivity contribution in [3.05, 3.63) is 0 Å². The highest BCUT2D eigenvalue weighted by molar-refractivity contribution is 8.02. The fraction of sp³-hybridized carbons (Fsp3) is 0.956. The molecule has 0 aromatic carbocycles. The minimum absolute atomic E-state index is 0.0256. The topological polar surface area (TPSA) is 111 Å². The number of quaternary nitrogens is 1. The molecule has 0 aromatic rings. The van der Waals surface area contributed by atoms with Gasteiger partial charge in [0.2, 0.25) is 0 Å². The molecule has 4 unspecified atom stereocenters. The summed E-state index contributed by atoms with van der Waals surface area (Å²) in [6.45, 7) is 6.13. The molecular formula is C45H94NO8P3. The van der Waals surface area contributed by atoms with Gasteiger partial charge in [0.1, 0.15) is 19.8 Å². The summed E-state index contributed by atoms with van der Waals surface area (Å²) in [4.78, 5) is 37.5. The molecule has 0 aromatic heterocycles. The van der Waals surface area contributed by atoms with E-state index in [1.54, 1.807) is 0 Å². The molecule has 0 saturated carbocycles. The first-order valence-electron chi connectivity index (χ1n) is 23.9. The zero-order valence-corrected chi connectivity index (χ0v) is 41.2. The largest absolute Gasteiger partial charge is 0.756 e. The minimum atomic E-state index is -4.62. The molecule has 0 spiro atoms. The summed E-state index contributed by atoms with van der Waals surface area (Å²) in [5.74, 6) is -0.818. The third-order valence-electron chi connectivity index (χ3n) is 10.1. The van der Waals surface area contributed by atoms with Gasteiger partial charge in [-0.25, -0.2) is 0 Å². The second-order valence-corrected chi connectivity index (χ2v) is 20.5. The number of hydrogen-bond donors (Lipinski definition) is 0. The molecule has 342 valence electrons. The van der Waals surface area contributed by atoms with E-state index in [1.165, 1.54) is 154 Å². The predicted octanol–water partition coefficient (Wildman–Crippen LogP) is 13.3. The molecule has 0 aliphatic rings. The number of hydrogen-bond acceptors (Lipinski definition) is 8. The van der Waals surface area contributed by atoms with Gasteiger partial charge in [-0.3, -0.25) is 14.2 Å². The Balaban J connectivity index is 0. The number of phosphoric acid groups is 1. The van der Waals surface area contributed by atoms with Crippen molar-refractivity contribution >= 4 is 36.9 Å². The zero-order valence-electron chi connectivity index (χ0n) is 39.2. The molecule has 0 N–H and O–H groups in total. The van der Waals surface area contributed by atoms with Crippen LogP contribution in [0.3, 0.4) is 0 Å². The zero-order chi connectivity index (χ0) is 43.6. The highest BCUT2D eigenvalue weighted by atomic mass is 32.0. The molecule has 0 radical (unpaired) electrons. The van der Waals surface area contributed by atoms with Crippen LogP contribution in [0.5, 0.6) is 0 Å². The third-order valence-corrected chi connectivity index (χ3v) is 11.1. The average molecular weight is 871 g/mol. The van der Waals surface area contributed by atoms with Crippen LogP contribution in [0.4, 0.5) is 0 Å². The van der Waals surface area contributed by atoms with Crippen molar-refractivity contribution in [2.24, 2.45) is 0 Å². The lowest BCUT2D eigenvalue weighted by Crippen LogP contribution is -2.37. The van der Waals surface area contributed by atoms with Crippen molar-refractivity contribution in [1.29, 1.82) is 1.28 Å². The van der Waals surface area contributed by atoms with Crippen LogP contribution in [-0.4, -0.2) is 78.0 Å². The first-order valence-corrected chi connectivity index (χ1v) is 27.9. The molecule has 9 nitrogen and oxygen atoms in total. The van der Waals surface area contributed by atoms with E-state index in [0.717, 1.165) is 32.1 Å². The Bertz CT molecular complexity index is 955. The Morgan fingerprint density at radius 2 is 0.912 bits per heavy atom. The second kappa shape index (κ2) is 43.9. The number of carbonyl (C=O) groups is 2. The Hall–Kier alpha value is -0.130. The summed E-state index contributed by atoms with van der Waals surface area (Å²) in [6.07, 6.45) is 36.9. The Labute approximate surface area is 358 Å². The molecule has 0 aliphatic heterocycles. The van der Waals surface area contributed by atoms with E-state index >= 15 is 0 Å². The van der Waals surface area contributed by atoms with E-state index in [9.17, 15) is 19.0 Å². The van der Waals surface area contributed by atoms with Gasteiger partial charge in [0, 0.05) is 12.8 Å². The van der Waals surface area contributed by atoms with Crippen LogP contribution in [-0.2, 0) is 32.7 Å². The van der Waals surface area contributed by atoms with Crippen LogP contribution in [0, 0.1) is 0 Å². The summed E-state index contributed by atoms with van der Waals surface area (Å²) in [7, 11) is 3.12. The third kappa shape index (κ3) is 50.1. The second-order valence-electron chi connectivity index (χ2n) is 17.0. The highest BCUT2D eigenvalue weighted by Crippen LogP contribution is 2.38. The lowest BCUT2D eigenvalue weighted by molar-refractivity contribution is -0.870. The Kier molecular flexibility index (Phi) is 43.8. The van der Waals surface area contributed by atoms with Crippen LogP contribution in [0.15, 0.2) is 0 Å². The number of phosphoric ester groups is 1. The van der Waals surface area contributed by atoms with Gasteiger partial charge >= 0.3 is 11.9 Å². The lowest BCUT2D eigenvalue weighted by Gasteiger charge is -2.28. The SMILES string of the molecule is CCCCCCCCCCCCCCCCCC(=O)OCC(COP(=O)([O-])OCC[N+](C)(C)C)OC(=O)CCCCCCCCCCCCCCCCC.[2H]P(C)P. The van der Waals surface area contributed by atoms with Crippen LogP contribution in [0.1, 0.15) is 219 Å². The molecule has 0 aliphatic carbocycles. The molecule has 4 atom stereocenters. The van der Waals surface area contributed by atoms with Crippen LogP contribution < -0.4 is 4.89 Å². The maximum absolute atomic E-state index is 12.7. The van der Waals surface area contributed by atoms with Gasteiger partial charge < -0.3 is 27.9 Å². The van der Waals surface area contributed by atoms with Crippen molar-refractivity contribution in [2.75, 3.05) is 54.2 Å². The van der Waals surface area contributed by atoms with Gasteiger partial charge in [-0.15, -0.1) is 17.1 Å². The number of carbonyl (C=O) groups excluding carboxylic acids is 2. The Morgan fingerprint density at radius 3 is 1.25 bits per heavy atom. The number of nitrogens with zero attached hydrogens (tertiary/aromatic N) is 1. The maximum atomic E-state index is 12.7. The molecule has 12 heteroatoms. The number of likely N-dealkylation sites (N-methyl/N-ethyl adjacent to an activating group) is 1. The van der Waals surface area contributed by atoms with Crippen LogP contribution >= 0.6 is 25.0 Å². The average Bonchev–Trinajstić information content (AvgIpc) is 3.15. The fourth-order valence-electron chi connectivity index (χ4n) is 6.54. The van der Waals surface area contributed by atoms with Crippen molar-refractivity contribution in [3.8, 4) is 0 Å². The molecule has 0 heterocycles. The van der Waals surface area contributed by atoms with E-state index in [1.807, 2.05) is 27.8 Å². The van der Waals surface area contributed by atoms with Gasteiger partial charge in [-0.05, 0) is 19.5 Å². The van der Waals surface area contributed by atoms with E-state index in [2.05, 4.69) is 22.8 Å². The molecule has 0 saturated heterocycles. The summed E-state index contributed by atoms with van der Waals surface area (Å²) in [6, 6.07) is 0. The van der Waals surface area contributed by atoms with Gasteiger partial charge in [-0.2, -0.15) is 0 Å². The standard InChI is InChI=1S/C44H88NO8P.CH6P2/c1-6-8-10-12-14-16-18-20-22-24-26-28-30-32-34-36-43(46)50-40-42(41-52-54(48,49)51-39-38-45(3,4)5)53-44(47)37-35-33-31-29-27-25-23-21-19-17-15-13-11-9-7-2;1-3-2/h42H,6-41H2,1-5H3;3H,2H2,1H3/i;3D. The number of unbranched alkanes of at least 4 members (excludes halogenated alkanes) is 28. The fourth-order valence-corrected chi connectivity index (χ4v) is 7.27. The summed E-state index contributed by atoms with van der Waals surface area (Å²) in [5.41, 5.74) is 0. The van der Waals surface area contributed by atoms with Crippen molar-refractivity contribution < 1.29 is 42.1 Å². The van der Waals surface area contributed by atoms with E-state index in [4.69, 9.17) is 19.8 Å². The van der Waals surface area contributed by atoms with Gasteiger partial charge in [0.15, 0.2) is 6.10 Å². The Morgan fingerprint density at radius 1 is 0.596 bits per heavy atom. The van der Waals surface area contributed by atoms with Crippen molar-refractivity contribution in [2.45, 2.75) is 225 Å². The van der Waals surface area contributed by atoms with E-state index < -0.39 is 34.7 Å². The molecule has 0 amide bonds. The number of esters is 2. The number of ether oxygens (including phenoxy) is 2. The van der Waals surface area contributed by atoms with Crippen molar-refractivity contribution in [1.82, 2.24) is 0 Å². The normalized spacial score (nSPS) is 13.9. The lowest BCUT2D eigenvalue weighted by atomic mass is 10.0. The summed E-state index contributed by atoms with van der Waals surface area (Å²) in [5, 5.41) is 0. The number of rotatable bonds is 42. The van der Waals surface area contributed by atoms with E-state index in [-0.39, 0.29) is 32.0 Å². The first kappa shape index (κ1) is 56.9. The maximum Gasteiger partial charge on any atom is 0.306 e. The van der Waals surface area contributed by atoms with Gasteiger partial charge in [0.25, 0.3) is 7.82 Å². The van der Waals surface area contributed by atoms with Crippen LogP contribution in [0.25, 0.3) is 0 Å². The summed E-state index contributed by atoms with van der Waals surface area (Å²) >= 11 is 0. The van der Waals surface area contributed by atoms with Crippen LogP contribution in [0.2, 0.25) is 0 Å². The monoisotopic (exact) mass is 871 g/mol. The highest BCUT2D eigenvalue weighted by Gasteiger charge is 2.21. The van der Waals surface area contributed by atoms with Gasteiger partial charge in [-0.1, -0.05) is 194 Å². The molecular weight excluding hydrogens is 775 g/mol. The molecule has 0 bridgehead atoms. The first-order chi connectivity index (χ1) is 27.7. The summed E-state index contributed by atoms with van der Waals surface area (Å²) < 4.78 is 40.5.